The minimum Gasteiger partial charge on any atom is -0.300 e. The third kappa shape index (κ3) is 1.33. The van der Waals surface area contributed by atoms with E-state index in [2.05, 4.69) is 34.6 Å². The molecule has 2 aliphatic heterocycles. The van der Waals surface area contributed by atoms with E-state index < -0.39 is 0 Å². The molecular weight excluding hydrogens is 188 g/mol. The maximum Gasteiger partial charge on any atom is 0.135 e. The fourth-order valence-electron chi connectivity index (χ4n) is 2.26. The monoisotopic (exact) mass is 202 g/mol. The summed E-state index contributed by atoms with van der Waals surface area (Å²) < 4.78 is 0. The fourth-order valence-corrected chi connectivity index (χ4v) is 2.26. The van der Waals surface area contributed by atoms with E-state index in [1.165, 1.54) is 11.1 Å². The van der Waals surface area contributed by atoms with Crippen LogP contribution in [0.3, 0.4) is 0 Å². The van der Waals surface area contributed by atoms with Crippen LogP contribution in [0.2, 0.25) is 0 Å². The van der Waals surface area contributed by atoms with Crippen molar-refractivity contribution < 1.29 is 0 Å². The Labute approximate surface area is 88.8 Å². The molecule has 15 heavy (non-hydrogen) atoms. The summed E-state index contributed by atoms with van der Waals surface area (Å²) in [6, 6.07) is 8.62. The van der Waals surface area contributed by atoms with Gasteiger partial charge in [-0.3, -0.25) is 15.3 Å². The summed E-state index contributed by atoms with van der Waals surface area (Å²) in [4.78, 5) is 4.45. The lowest BCUT2D eigenvalue weighted by atomic mass is 10.0. The zero-order chi connectivity index (χ0) is 10.3. The van der Waals surface area contributed by atoms with Gasteiger partial charge in [0.25, 0.3) is 0 Å². The lowest BCUT2D eigenvalue weighted by Gasteiger charge is -2.19. The molecule has 0 spiro atoms. The highest BCUT2D eigenvalue weighted by Crippen LogP contribution is 2.27. The number of rotatable bonds is 1. The van der Waals surface area contributed by atoms with Gasteiger partial charge in [0, 0.05) is 6.54 Å². The number of fused-ring (bicyclic) bond motifs is 1. The maximum absolute atomic E-state index is 5.88. The van der Waals surface area contributed by atoms with Crippen LogP contribution in [-0.4, -0.2) is 23.9 Å². The zero-order valence-electron chi connectivity index (χ0n) is 8.48. The van der Waals surface area contributed by atoms with Crippen LogP contribution < -0.4 is 11.2 Å². The lowest BCUT2D eigenvalue weighted by Crippen LogP contribution is -2.40. The first kappa shape index (κ1) is 8.88. The van der Waals surface area contributed by atoms with Crippen molar-refractivity contribution in [1.29, 1.82) is 0 Å². The topological polar surface area (TPSA) is 53.6 Å². The summed E-state index contributed by atoms with van der Waals surface area (Å²) in [7, 11) is 0. The molecule has 2 heterocycles. The highest BCUT2D eigenvalue weighted by molar-refractivity contribution is 5.90. The van der Waals surface area contributed by atoms with Crippen molar-refractivity contribution in [3.8, 4) is 0 Å². The van der Waals surface area contributed by atoms with Crippen LogP contribution in [0.15, 0.2) is 29.3 Å². The van der Waals surface area contributed by atoms with E-state index in [0.29, 0.717) is 0 Å². The molecule has 2 aliphatic rings. The van der Waals surface area contributed by atoms with Gasteiger partial charge in [0.05, 0.1) is 19.1 Å². The first-order valence-corrected chi connectivity index (χ1v) is 5.24. The van der Waals surface area contributed by atoms with Crippen LogP contribution in [0.4, 0.5) is 0 Å². The predicted octanol–water partition coefficient (Wildman–Crippen LogP) is 0.419. The molecule has 3 rings (SSSR count). The number of hydrogen-bond donors (Lipinski definition) is 2. The summed E-state index contributed by atoms with van der Waals surface area (Å²) in [6.07, 6.45) is 0. The molecule has 78 valence electrons. The van der Waals surface area contributed by atoms with E-state index in [0.717, 1.165) is 25.5 Å². The van der Waals surface area contributed by atoms with Gasteiger partial charge in [-0.1, -0.05) is 24.3 Å². The van der Waals surface area contributed by atoms with Crippen molar-refractivity contribution in [2.24, 2.45) is 10.8 Å². The smallest absolute Gasteiger partial charge is 0.135 e. The number of aliphatic imine (C=N–C) groups is 1. The van der Waals surface area contributed by atoms with Gasteiger partial charge in [0.15, 0.2) is 0 Å². The Morgan fingerprint density at radius 2 is 2.27 bits per heavy atom. The molecule has 4 nitrogen and oxygen atoms in total. The Bertz CT molecular complexity index is 413. The van der Waals surface area contributed by atoms with Gasteiger partial charge in [-0.05, 0) is 11.1 Å². The number of hydrogen-bond acceptors (Lipinski definition) is 4. The molecule has 1 unspecified atom stereocenters. The normalized spacial score (nSPS) is 24.2. The molecular formula is C11H14N4. The standard InChI is InChI=1S/C11H14N4/c12-15-6-5-13-11(15)10-9-4-2-1-3-8(9)7-14-10/h1-4,10,14H,5-7,12H2. The van der Waals surface area contributed by atoms with E-state index in [1.807, 2.05) is 0 Å². The summed E-state index contributed by atoms with van der Waals surface area (Å²) in [5, 5.41) is 5.19. The van der Waals surface area contributed by atoms with Gasteiger partial charge in [-0.25, -0.2) is 5.84 Å². The molecule has 0 radical (unpaired) electrons. The summed E-state index contributed by atoms with van der Waals surface area (Å²) >= 11 is 0. The zero-order valence-corrected chi connectivity index (χ0v) is 8.48. The van der Waals surface area contributed by atoms with E-state index in [1.54, 1.807) is 5.01 Å². The molecule has 0 saturated carbocycles. The van der Waals surface area contributed by atoms with Gasteiger partial charge in [0.2, 0.25) is 0 Å². The first-order chi connectivity index (χ1) is 7.36. The van der Waals surface area contributed by atoms with Gasteiger partial charge >= 0.3 is 0 Å². The predicted molar refractivity (Wildman–Crippen MR) is 59.2 cm³/mol. The van der Waals surface area contributed by atoms with Crippen molar-refractivity contribution in [2.75, 3.05) is 13.1 Å². The van der Waals surface area contributed by atoms with Crippen molar-refractivity contribution in [2.45, 2.75) is 12.6 Å². The molecule has 3 N–H and O–H groups in total. The number of nitrogens with one attached hydrogen (secondary N) is 1. The molecule has 4 heteroatoms. The number of hydrazine groups is 1. The van der Waals surface area contributed by atoms with Crippen LogP contribution in [0.5, 0.6) is 0 Å². The second-order valence-electron chi connectivity index (χ2n) is 3.95. The number of nitrogens with zero attached hydrogens (tertiary/aromatic N) is 2. The minimum atomic E-state index is 0.189. The fraction of sp³-hybridized carbons (Fsp3) is 0.364. The maximum atomic E-state index is 5.88. The Morgan fingerprint density at radius 3 is 3.07 bits per heavy atom. The molecule has 1 aromatic carbocycles. The van der Waals surface area contributed by atoms with E-state index in [4.69, 9.17) is 5.84 Å². The second-order valence-corrected chi connectivity index (χ2v) is 3.95. The van der Waals surface area contributed by atoms with Crippen LogP contribution in [0, 0.1) is 0 Å². The summed E-state index contributed by atoms with van der Waals surface area (Å²) in [5.41, 5.74) is 2.67. The van der Waals surface area contributed by atoms with E-state index in [-0.39, 0.29) is 6.04 Å². The molecule has 0 fully saturated rings. The van der Waals surface area contributed by atoms with Crippen molar-refractivity contribution in [3.05, 3.63) is 35.4 Å². The second kappa shape index (κ2) is 3.32. The third-order valence-electron chi connectivity index (χ3n) is 3.03. The molecule has 0 aromatic heterocycles. The number of nitrogens with two attached hydrogens (primary N) is 1. The van der Waals surface area contributed by atoms with Crippen LogP contribution in [0.1, 0.15) is 17.2 Å². The Morgan fingerprint density at radius 1 is 1.40 bits per heavy atom. The molecule has 0 amide bonds. The van der Waals surface area contributed by atoms with E-state index in [9.17, 15) is 0 Å². The van der Waals surface area contributed by atoms with E-state index >= 15 is 0 Å². The quantitative estimate of drug-likeness (QED) is 0.649. The Balaban J connectivity index is 1.97. The molecule has 0 bridgehead atoms. The Hall–Kier alpha value is -1.39. The van der Waals surface area contributed by atoms with Crippen molar-refractivity contribution >= 4 is 5.84 Å². The largest absolute Gasteiger partial charge is 0.300 e. The van der Waals surface area contributed by atoms with Crippen LogP contribution in [-0.2, 0) is 6.54 Å². The van der Waals surface area contributed by atoms with Crippen molar-refractivity contribution in [3.63, 3.8) is 0 Å². The Kier molecular flexibility index (Phi) is 1.97. The lowest BCUT2D eigenvalue weighted by molar-refractivity contribution is 0.460. The highest BCUT2D eigenvalue weighted by Gasteiger charge is 2.30. The molecule has 0 saturated heterocycles. The molecule has 0 aliphatic carbocycles. The summed E-state index contributed by atoms with van der Waals surface area (Å²) in [5.74, 6) is 6.85. The summed E-state index contributed by atoms with van der Waals surface area (Å²) in [6.45, 7) is 2.55. The van der Waals surface area contributed by atoms with Gasteiger partial charge in [-0.2, -0.15) is 0 Å². The van der Waals surface area contributed by atoms with Gasteiger partial charge < -0.3 is 0 Å². The first-order valence-electron chi connectivity index (χ1n) is 5.24. The number of amidine groups is 1. The highest BCUT2D eigenvalue weighted by atomic mass is 15.5. The minimum absolute atomic E-state index is 0.189. The number of benzene rings is 1. The average molecular weight is 202 g/mol. The third-order valence-corrected chi connectivity index (χ3v) is 3.03. The van der Waals surface area contributed by atoms with Crippen LogP contribution in [0.25, 0.3) is 0 Å². The van der Waals surface area contributed by atoms with Crippen molar-refractivity contribution in [1.82, 2.24) is 10.3 Å². The van der Waals surface area contributed by atoms with Crippen LogP contribution >= 0.6 is 0 Å². The van der Waals surface area contributed by atoms with Gasteiger partial charge in [-0.15, -0.1) is 0 Å². The molecule has 1 aromatic rings. The SMILES string of the molecule is NN1CCN=C1C1NCc2ccccc21. The average Bonchev–Trinajstić information content (AvgIpc) is 2.83. The van der Waals surface area contributed by atoms with Gasteiger partial charge in [0.1, 0.15) is 5.84 Å². The molecule has 1 atom stereocenters.